The molecule has 0 aliphatic carbocycles. The Balaban J connectivity index is 1.57. The van der Waals surface area contributed by atoms with Crippen molar-refractivity contribution in [3.63, 3.8) is 0 Å². The van der Waals surface area contributed by atoms with Gasteiger partial charge in [-0.3, -0.25) is 14.4 Å². The summed E-state index contributed by atoms with van der Waals surface area (Å²) in [5.74, 6) is -0.540. The molecule has 0 aliphatic rings. The van der Waals surface area contributed by atoms with Crippen LogP contribution < -0.4 is 9.62 Å². The van der Waals surface area contributed by atoms with Gasteiger partial charge in [-0.25, -0.2) is 8.42 Å². The molecule has 1 amide bonds. The maximum atomic E-state index is 13.3. The van der Waals surface area contributed by atoms with Crippen LogP contribution in [0.2, 0.25) is 5.02 Å². The molecule has 0 saturated carbocycles. The zero-order chi connectivity index (χ0) is 22.6. The number of halogens is 1. The molecule has 1 heterocycles. The van der Waals surface area contributed by atoms with Crippen molar-refractivity contribution < 1.29 is 13.2 Å². The third kappa shape index (κ3) is 4.96. The van der Waals surface area contributed by atoms with Gasteiger partial charge in [-0.15, -0.1) is 10.2 Å². The van der Waals surface area contributed by atoms with Gasteiger partial charge in [-0.05, 0) is 36.4 Å². The van der Waals surface area contributed by atoms with E-state index < -0.39 is 22.5 Å². The molecule has 1 N–H and O–H groups in total. The predicted octanol–water partition coefficient (Wildman–Crippen LogP) is 4.69. The Kier molecular flexibility index (Phi) is 6.50. The molecule has 7 nitrogen and oxygen atoms in total. The molecule has 4 aromatic rings. The molecule has 0 atom stereocenters. The van der Waals surface area contributed by atoms with Crippen molar-refractivity contribution in [2.45, 2.75) is 4.90 Å². The Bertz CT molecular complexity index is 1310. The first-order chi connectivity index (χ1) is 15.4. The number of rotatable bonds is 7. The van der Waals surface area contributed by atoms with Crippen molar-refractivity contribution in [3.8, 4) is 10.6 Å². The molecule has 0 spiro atoms. The Morgan fingerprint density at radius 2 is 1.53 bits per heavy atom. The van der Waals surface area contributed by atoms with E-state index >= 15 is 0 Å². The molecular formula is C22H17ClN4O3S2. The van der Waals surface area contributed by atoms with Crippen LogP contribution in [0.4, 0.5) is 10.8 Å². The van der Waals surface area contributed by atoms with E-state index in [1.54, 1.807) is 30.3 Å². The third-order valence-electron chi connectivity index (χ3n) is 4.43. The fourth-order valence-corrected chi connectivity index (χ4v) is 5.22. The van der Waals surface area contributed by atoms with E-state index in [4.69, 9.17) is 11.6 Å². The summed E-state index contributed by atoms with van der Waals surface area (Å²) in [5.41, 5.74) is 1.24. The molecule has 162 valence electrons. The molecule has 3 aromatic carbocycles. The highest BCUT2D eigenvalue weighted by molar-refractivity contribution is 7.92. The average Bonchev–Trinajstić information content (AvgIpc) is 3.27. The number of aromatic nitrogens is 2. The maximum absolute atomic E-state index is 13.3. The summed E-state index contributed by atoms with van der Waals surface area (Å²) in [6.45, 7) is -0.435. The number of benzene rings is 3. The van der Waals surface area contributed by atoms with Gasteiger partial charge in [-0.2, -0.15) is 0 Å². The van der Waals surface area contributed by atoms with Crippen LogP contribution in [0.3, 0.4) is 0 Å². The van der Waals surface area contributed by atoms with E-state index in [0.29, 0.717) is 15.7 Å². The van der Waals surface area contributed by atoms with Crippen LogP contribution in [0.15, 0.2) is 89.8 Å². The minimum absolute atomic E-state index is 0.0285. The zero-order valence-electron chi connectivity index (χ0n) is 16.6. The average molecular weight is 485 g/mol. The van der Waals surface area contributed by atoms with E-state index in [9.17, 15) is 13.2 Å². The zero-order valence-corrected chi connectivity index (χ0v) is 18.9. The maximum Gasteiger partial charge on any atom is 0.264 e. The van der Waals surface area contributed by atoms with E-state index in [1.807, 2.05) is 30.3 Å². The van der Waals surface area contributed by atoms with Gasteiger partial charge in [0.25, 0.3) is 10.0 Å². The van der Waals surface area contributed by atoms with Gasteiger partial charge in [0.15, 0.2) is 0 Å². The lowest BCUT2D eigenvalue weighted by atomic mass is 10.2. The summed E-state index contributed by atoms with van der Waals surface area (Å²) in [7, 11) is -4.01. The number of hydrogen-bond donors (Lipinski definition) is 1. The second kappa shape index (κ2) is 9.47. The van der Waals surface area contributed by atoms with Crippen LogP contribution in [-0.4, -0.2) is 31.1 Å². The Hall–Kier alpha value is -3.27. The highest BCUT2D eigenvalue weighted by Crippen LogP contribution is 2.27. The fraction of sp³-hybridized carbons (Fsp3) is 0.0455. The first-order valence-corrected chi connectivity index (χ1v) is 12.1. The number of para-hydroxylation sites is 1. The summed E-state index contributed by atoms with van der Waals surface area (Å²) < 4.78 is 27.6. The fourth-order valence-electron chi connectivity index (χ4n) is 2.90. The SMILES string of the molecule is O=C(CN(c1ccccc1)S(=O)(=O)c1ccc(Cl)cc1)Nc1nnc(-c2ccccc2)s1. The smallest absolute Gasteiger partial charge is 0.264 e. The predicted molar refractivity (Wildman–Crippen MR) is 126 cm³/mol. The van der Waals surface area contributed by atoms with E-state index in [-0.39, 0.29) is 10.0 Å². The third-order valence-corrected chi connectivity index (χ3v) is 7.35. The normalized spacial score (nSPS) is 11.2. The molecule has 0 bridgehead atoms. The lowest BCUT2D eigenvalue weighted by molar-refractivity contribution is -0.114. The lowest BCUT2D eigenvalue weighted by Crippen LogP contribution is -2.38. The number of sulfonamides is 1. The quantitative estimate of drug-likeness (QED) is 0.410. The van der Waals surface area contributed by atoms with E-state index in [1.165, 1.54) is 35.6 Å². The second-order valence-corrected chi connectivity index (χ2v) is 9.90. The monoisotopic (exact) mass is 484 g/mol. The molecule has 0 radical (unpaired) electrons. The van der Waals surface area contributed by atoms with Crippen molar-refractivity contribution >= 4 is 49.7 Å². The van der Waals surface area contributed by atoms with Gasteiger partial charge in [0.1, 0.15) is 11.6 Å². The van der Waals surface area contributed by atoms with E-state index in [2.05, 4.69) is 15.5 Å². The van der Waals surface area contributed by atoms with Crippen molar-refractivity contribution in [2.24, 2.45) is 0 Å². The summed E-state index contributed by atoms with van der Waals surface area (Å²) >= 11 is 7.10. The number of nitrogens with one attached hydrogen (secondary N) is 1. The summed E-state index contributed by atoms with van der Waals surface area (Å²) in [6.07, 6.45) is 0. The van der Waals surface area contributed by atoms with Crippen LogP contribution in [0.5, 0.6) is 0 Å². The van der Waals surface area contributed by atoms with E-state index in [0.717, 1.165) is 9.87 Å². The molecule has 0 aliphatic heterocycles. The van der Waals surface area contributed by atoms with Crippen molar-refractivity contribution in [1.29, 1.82) is 0 Å². The minimum Gasteiger partial charge on any atom is -0.299 e. The number of nitrogens with zero attached hydrogens (tertiary/aromatic N) is 3. The first-order valence-electron chi connectivity index (χ1n) is 9.45. The highest BCUT2D eigenvalue weighted by Gasteiger charge is 2.27. The van der Waals surface area contributed by atoms with Crippen molar-refractivity contribution in [1.82, 2.24) is 10.2 Å². The van der Waals surface area contributed by atoms with Crippen LogP contribution in [-0.2, 0) is 14.8 Å². The summed E-state index contributed by atoms with van der Waals surface area (Å²) in [6, 6.07) is 23.7. The molecule has 1 aromatic heterocycles. The highest BCUT2D eigenvalue weighted by atomic mass is 35.5. The number of carbonyl (C=O) groups excluding carboxylic acids is 1. The Morgan fingerprint density at radius 1 is 0.906 bits per heavy atom. The van der Waals surface area contributed by atoms with Crippen molar-refractivity contribution in [2.75, 3.05) is 16.2 Å². The largest absolute Gasteiger partial charge is 0.299 e. The number of carbonyl (C=O) groups is 1. The van der Waals surface area contributed by atoms with Crippen molar-refractivity contribution in [3.05, 3.63) is 90.0 Å². The number of amides is 1. The Labute approximate surface area is 194 Å². The van der Waals surface area contributed by atoms with Gasteiger partial charge in [-0.1, -0.05) is 71.5 Å². The van der Waals surface area contributed by atoms with Gasteiger partial charge in [0, 0.05) is 10.6 Å². The molecule has 4 rings (SSSR count). The standard InChI is InChI=1S/C22H17ClN4O3S2/c23-17-11-13-19(14-12-17)32(29,30)27(18-9-5-2-6-10-18)15-20(28)24-22-26-25-21(31-22)16-7-3-1-4-8-16/h1-14H,15H2,(H,24,26,28). The first kappa shape index (κ1) is 21.9. The van der Waals surface area contributed by atoms with Gasteiger partial charge < -0.3 is 0 Å². The number of anilines is 2. The van der Waals surface area contributed by atoms with Crippen LogP contribution in [0.1, 0.15) is 0 Å². The molecule has 0 unspecified atom stereocenters. The van der Waals surface area contributed by atoms with Crippen LogP contribution >= 0.6 is 22.9 Å². The van der Waals surface area contributed by atoms with Crippen LogP contribution in [0, 0.1) is 0 Å². The molecule has 32 heavy (non-hydrogen) atoms. The van der Waals surface area contributed by atoms with Gasteiger partial charge in [0.05, 0.1) is 10.6 Å². The lowest BCUT2D eigenvalue weighted by Gasteiger charge is -2.23. The molecule has 0 saturated heterocycles. The topological polar surface area (TPSA) is 92.3 Å². The number of hydrogen-bond acceptors (Lipinski definition) is 6. The summed E-state index contributed by atoms with van der Waals surface area (Å²) in [5, 5.41) is 12.1. The second-order valence-electron chi connectivity index (χ2n) is 6.63. The van der Waals surface area contributed by atoms with Crippen LogP contribution in [0.25, 0.3) is 10.6 Å². The molecule has 10 heteroatoms. The molecular weight excluding hydrogens is 468 g/mol. The molecule has 0 fully saturated rings. The van der Waals surface area contributed by atoms with Gasteiger partial charge in [0.2, 0.25) is 11.0 Å². The summed E-state index contributed by atoms with van der Waals surface area (Å²) in [4.78, 5) is 12.8. The minimum atomic E-state index is -4.01. The van der Waals surface area contributed by atoms with Gasteiger partial charge >= 0.3 is 0 Å². The Morgan fingerprint density at radius 3 is 2.19 bits per heavy atom.